The Morgan fingerprint density at radius 1 is 0.917 bits per heavy atom. The lowest BCUT2D eigenvalue weighted by atomic mass is 10.1. The number of benzene rings is 2. The Morgan fingerprint density at radius 2 is 1.71 bits per heavy atom. The molecule has 0 atom stereocenters. The van der Waals surface area contributed by atoms with Crippen molar-refractivity contribution in [3.05, 3.63) is 71.9 Å². The molecule has 2 aromatic carbocycles. The first-order valence-electron chi connectivity index (χ1n) is 7.94. The van der Waals surface area contributed by atoms with Crippen molar-refractivity contribution in [2.75, 3.05) is 19.0 Å². The van der Waals surface area contributed by atoms with Crippen LogP contribution in [0.4, 0.5) is 5.69 Å². The van der Waals surface area contributed by atoms with Crippen molar-refractivity contribution in [3.63, 3.8) is 0 Å². The van der Waals surface area contributed by atoms with Crippen LogP contribution in [0.3, 0.4) is 0 Å². The van der Waals surface area contributed by atoms with Gasteiger partial charge in [0, 0.05) is 31.4 Å². The first kappa shape index (κ1) is 14.5. The number of hydrogen-bond acceptors (Lipinski definition) is 3. The number of pyridine rings is 1. The lowest BCUT2D eigenvalue weighted by Gasteiger charge is -2.11. The third-order valence-corrected chi connectivity index (χ3v) is 4.18. The molecule has 0 fully saturated rings. The van der Waals surface area contributed by atoms with E-state index in [1.807, 2.05) is 38.4 Å². The fourth-order valence-corrected chi connectivity index (χ4v) is 2.88. The van der Waals surface area contributed by atoms with Crippen molar-refractivity contribution in [1.29, 1.82) is 0 Å². The third kappa shape index (κ3) is 2.54. The molecule has 0 N–H and O–H groups in total. The number of aromatic nitrogens is 1. The molecule has 118 valence electrons. The first-order chi connectivity index (χ1) is 11.7. The number of nitrogens with zero attached hydrogens (tertiary/aromatic N) is 2. The van der Waals surface area contributed by atoms with E-state index in [9.17, 15) is 0 Å². The van der Waals surface area contributed by atoms with Crippen molar-refractivity contribution in [2.45, 2.75) is 0 Å². The van der Waals surface area contributed by atoms with Crippen molar-refractivity contribution in [3.8, 4) is 0 Å². The van der Waals surface area contributed by atoms with Gasteiger partial charge in [0.2, 0.25) is 5.71 Å². The Balaban J connectivity index is 1.76. The van der Waals surface area contributed by atoms with Crippen molar-refractivity contribution >= 4 is 39.9 Å². The molecule has 0 bridgehead atoms. The normalized spacial score (nSPS) is 11.6. The Bertz CT molecular complexity index is 1030. The quantitative estimate of drug-likeness (QED) is 0.519. The standard InChI is InChI=1S/C21H18N2O/c1-23(2)17-11-8-15(9-12-17)7-10-16-13-14-22-21-20(16)18-5-3-4-6-19(18)24-21/h3-14H,1-2H3. The number of hydrogen-bond donors (Lipinski definition) is 0. The van der Waals surface area contributed by atoms with Crippen LogP contribution in [0.25, 0.3) is 34.2 Å². The van der Waals surface area contributed by atoms with Crippen LogP contribution in [-0.4, -0.2) is 19.1 Å². The average Bonchev–Trinajstić information content (AvgIpc) is 2.99. The maximum atomic E-state index is 5.84. The molecule has 0 amide bonds. The Hall–Kier alpha value is -3.07. The molecule has 4 rings (SSSR count). The second-order valence-electron chi connectivity index (χ2n) is 6.00. The van der Waals surface area contributed by atoms with Gasteiger partial charge in [-0.15, -0.1) is 0 Å². The fraction of sp³-hybridized carbons (Fsp3) is 0.0952. The van der Waals surface area contributed by atoms with Crippen molar-refractivity contribution in [1.82, 2.24) is 4.98 Å². The number of anilines is 1. The van der Waals surface area contributed by atoms with Gasteiger partial charge in [0.05, 0.1) is 5.39 Å². The molecule has 0 spiro atoms. The number of para-hydroxylation sites is 1. The minimum absolute atomic E-state index is 0.682. The van der Waals surface area contributed by atoms with Gasteiger partial charge in [-0.3, -0.25) is 0 Å². The number of rotatable bonds is 3. The predicted octanol–water partition coefficient (Wildman–Crippen LogP) is 5.22. The van der Waals surface area contributed by atoms with E-state index in [0.717, 1.165) is 21.9 Å². The molecule has 0 aliphatic carbocycles. The third-order valence-electron chi connectivity index (χ3n) is 4.18. The van der Waals surface area contributed by atoms with Crippen LogP contribution in [0.15, 0.2) is 65.2 Å². The van der Waals surface area contributed by atoms with Crippen LogP contribution in [0.1, 0.15) is 11.1 Å². The van der Waals surface area contributed by atoms with Crippen molar-refractivity contribution < 1.29 is 4.42 Å². The largest absolute Gasteiger partial charge is 0.438 e. The summed E-state index contributed by atoms with van der Waals surface area (Å²) < 4.78 is 5.84. The molecule has 3 heteroatoms. The van der Waals surface area contributed by atoms with Crippen LogP contribution in [0, 0.1) is 0 Å². The molecule has 0 saturated heterocycles. The van der Waals surface area contributed by atoms with E-state index in [1.165, 1.54) is 11.3 Å². The van der Waals surface area contributed by atoms with Gasteiger partial charge in [0.1, 0.15) is 5.58 Å². The van der Waals surface area contributed by atoms with Gasteiger partial charge in [0.15, 0.2) is 0 Å². The first-order valence-corrected chi connectivity index (χ1v) is 7.94. The zero-order valence-electron chi connectivity index (χ0n) is 13.7. The van der Waals surface area contributed by atoms with Crippen LogP contribution in [0.2, 0.25) is 0 Å². The van der Waals surface area contributed by atoms with Crippen LogP contribution >= 0.6 is 0 Å². The zero-order chi connectivity index (χ0) is 16.5. The Labute approximate surface area is 140 Å². The molecule has 0 saturated carbocycles. The lowest BCUT2D eigenvalue weighted by molar-refractivity contribution is 0.654. The van der Waals surface area contributed by atoms with Gasteiger partial charge in [-0.05, 0) is 35.4 Å². The van der Waals surface area contributed by atoms with E-state index in [-0.39, 0.29) is 0 Å². The lowest BCUT2D eigenvalue weighted by Crippen LogP contribution is -2.07. The highest BCUT2D eigenvalue weighted by Crippen LogP contribution is 2.30. The highest BCUT2D eigenvalue weighted by atomic mass is 16.3. The maximum Gasteiger partial charge on any atom is 0.227 e. The van der Waals surface area contributed by atoms with E-state index in [4.69, 9.17) is 4.42 Å². The van der Waals surface area contributed by atoms with E-state index in [2.05, 4.69) is 52.4 Å². The Morgan fingerprint density at radius 3 is 2.50 bits per heavy atom. The summed E-state index contributed by atoms with van der Waals surface area (Å²) in [5.74, 6) is 0. The molecule has 24 heavy (non-hydrogen) atoms. The molecular weight excluding hydrogens is 296 g/mol. The van der Waals surface area contributed by atoms with Gasteiger partial charge < -0.3 is 9.32 Å². The minimum Gasteiger partial charge on any atom is -0.438 e. The minimum atomic E-state index is 0.682. The number of fused-ring (bicyclic) bond motifs is 3. The van der Waals surface area contributed by atoms with Gasteiger partial charge in [0.25, 0.3) is 0 Å². The zero-order valence-corrected chi connectivity index (χ0v) is 13.7. The summed E-state index contributed by atoms with van der Waals surface area (Å²) in [5.41, 5.74) is 5.02. The van der Waals surface area contributed by atoms with E-state index in [0.29, 0.717) is 5.71 Å². The summed E-state index contributed by atoms with van der Waals surface area (Å²) in [7, 11) is 4.09. The van der Waals surface area contributed by atoms with Gasteiger partial charge in [-0.2, -0.15) is 0 Å². The number of furan rings is 1. The fourth-order valence-electron chi connectivity index (χ4n) is 2.88. The predicted molar refractivity (Wildman–Crippen MR) is 101 cm³/mol. The van der Waals surface area contributed by atoms with E-state index >= 15 is 0 Å². The molecule has 2 heterocycles. The summed E-state index contributed by atoms with van der Waals surface area (Å²) in [6, 6.07) is 18.6. The van der Waals surface area contributed by atoms with Gasteiger partial charge >= 0.3 is 0 Å². The monoisotopic (exact) mass is 314 g/mol. The molecule has 0 aliphatic heterocycles. The highest BCUT2D eigenvalue weighted by Gasteiger charge is 2.09. The van der Waals surface area contributed by atoms with Crippen LogP contribution in [-0.2, 0) is 0 Å². The maximum absolute atomic E-state index is 5.84. The average molecular weight is 314 g/mol. The molecule has 4 aromatic rings. The Kier molecular flexibility index (Phi) is 3.54. The summed E-state index contributed by atoms with van der Waals surface area (Å²) in [5, 5.41) is 2.16. The second kappa shape index (κ2) is 5.85. The molecule has 0 radical (unpaired) electrons. The topological polar surface area (TPSA) is 29.3 Å². The molecule has 2 aromatic heterocycles. The summed E-state index contributed by atoms with van der Waals surface area (Å²) >= 11 is 0. The SMILES string of the molecule is CN(C)c1ccc(C=Cc2ccnc3oc4ccccc4c23)cc1. The summed E-state index contributed by atoms with van der Waals surface area (Å²) in [6.45, 7) is 0. The molecular formula is C21H18N2O. The second-order valence-corrected chi connectivity index (χ2v) is 6.00. The van der Waals surface area contributed by atoms with Crippen molar-refractivity contribution in [2.24, 2.45) is 0 Å². The summed E-state index contributed by atoms with van der Waals surface area (Å²) in [4.78, 5) is 6.45. The van der Waals surface area contributed by atoms with Crippen LogP contribution < -0.4 is 4.90 Å². The smallest absolute Gasteiger partial charge is 0.227 e. The van der Waals surface area contributed by atoms with Gasteiger partial charge in [-0.1, -0.05) is 42.5 Å². The molecule has 3 nitrogen and oxygen atoms in total. The highest BCUT2D eigenvalue weighted by molar-refractivity contribution is 6.08. The molecule has 0 unspecified atom stereocenters. The molecule has 0 aliphatic rings. The summed E-state index contributed by atoms with van der Waals surface area (Å²) in [6.07, 6.45) is 6.03. The van der Waals surface area contributed by atoms with Crippen LogP contribution in [0.5, 0.6) is 0 Å². The van der Waals surface area contributed by atoms with Gasteiger partial charge in [-0.25, -0.2) is 4.98 Å². The van der Waals surface area contributed by atoms with E-state index < -0.39 is 0 Å². The van der Waals surface area contributed by atoms with E-state index in [1.54, 1.807) is 6.20 Å².